The van der Waals surface area contributed by atoms with E-state index in [0.29, 0.717) is 10.2 Å². The minimum Gasteiger partial charge on any atom is -0.355 e. The van der Waals surface area contributed by atoms with E-state index >= 15 is 0 Å². The number of pyridine rings is 1. The number of piperazine rings is 1. The highest BCUT2D eigenvalue weighted by Crippen LogP contribution is 2.31. The number of aromatic nitrogens is 1. The maximum Gasteiger partial charge on any atom is 0.123 e. The molecule has 0 saturated carbocycles. The summed E-state index contributed by atoms with van der Waals surface area (Å²) in [4.78, 5) is 5.69. The molecule has 100 valence electrons. The molecule has 1 fully saturated rings. The van der Waals surface area contributed by atoms with Crippen LogP contribution in [0.1, 0.15) is 29.5 Å². The van der Waals surface area contributed by atoms with E-state index in [2.05, 4.69) is 21.3 Å². The topological polar surface area (TPSA) is 54.9 Å². The van der Waals surface area contributed by atoms with Crippen molar-refractivity contribution in [2.45, 2.75) is 25.7 Å². The highest BCUT2D eigenvalue weighted by atomic mass is 32.1. The average Bonchev–Trinajstić information content (AvgIpc) is 2.47. The van der Waals surface area contributed by atoms with E-state index in [1.807, 2.05) is 0 Å². The van der Waals surface area contributed by atoms with E-state index in [0.717, 1.165) is 39.0 Å². The van der Waals surface area contributed by atoms with Crippen LogP contribution in [0, 0.1) is 16.0 Å². The van der Waals surface area contributed by atoms with Crippen LogP contribution < -0.4 is 10.2 Å². The van der Waals surface area contributed by atoms with Crippen molar-refractivity contribution in [2.24, 2.45) is 0 Å². The molecule has 0 radical (unpaired) electrons. The Bertz CT molecular complexity index is 578. The Balaban J connectivity index is 2.12. The first-order valence-electron chi connectivity index (χ1n) is 6.95. The zero-order valence-corrected chi connectivity index (χ0v) is 11.8. The summed E-state index contributed by atoms with van der Waals surface area (Å²) in [6.07, 6.45) is 4.44. The van der Waals surface area contributed by atoms with Gasteiger partial charge in [-0.2, -0.15) is 5.26 Å². The van der Waals surface area contributed by atoms with Crippen molar-refractivity contribution in [1.82, 2.24) is 10.3 Å². The van der Waals surface area contributed by atoms with E-state index in [1.165, 1.54) is 29.8 Å². The maximum absolute atomic E-state index is 9.32. The molecule has 1 aliphatic carbocycles. The van der Waals surface area contributed by atoms with Crippen LogP contribution in [0.3, 0.4) is 0 Å². The van der Waals surface area contributed by atoms with Gasteiger partial charge in [0.25, 0.3) is 0 Å². The normalized spacial score (nSPS) is 18.8. The van der Waals surface area contributed by atoms with Gasteiger partial charge in [0.2, 0.25) is 0 Å². The van der Waals surface area contributed by atoms with E-state index in [4.69, 9.17) is 12.2 Å². The average molecular weight is 274 g/mol. The highest BCUT2D eigenvalue weighted by Gasteiger charge is 2.22. The van der Waals surface area contributed by atoms with Crippen LogP contribution in [-0.4, -0.2) is 31.2 Å². The molecule has 0 atom stereocenters. The molecular weight excluding hydrogens is 256 g/mol. The van der Waals surface area contributed by atoms with Crippen LogP contribution in [0.15, 0.2) is 0 Å². The smallest absolute Gasteiger partial charge is 0.123 e. The summed E-state index contributed by atoms with van der Waals surface area (Å²) < 4.78 is 0.608. The summed E-state index contributed by atoms with van der Waals surface area (Å²) in [5, 5.41) is 12.7. The fraction of sp³-hybridized carbons (Fsp3) is 0.571. The zero-order chi connectivity index (χ0) is 13.2. The summed E-state index contributed by atoms with van der Waals surface area (Å²) in [5.74, 6) is 1.17. The molecule has 2 aliphatic rings. The molecule has 0 amide bonds. The van der Waals surface area contributed by atoms with Gasteiger partial charge in [-0.15, -0.1) is 0 Å². The van der Waals surface area contributed by atoms with Crippen LogP contribution in [0.4, 0.5) is 5.82 Å². The van der Waals surface area contributed by atoms with Gasteiger partial charge in [0, 0.05) is 26.2 Å². The van der Waals surface area contributed by atoms with Gasteiger partial charge < -0.3 is 15.2 Å². The lowest BCUT2D eigenvalue weighted by atomic mass is 9.89. The Labute approximate surface area is 118 Å². The van der Waals surface area contributed by atoms with Gasteiger partial charge in [0.1, 0.15) is 16.5 Å². The zero-order valence-electron chi connectivity index (χ0n) is 11.0. The first kappa shape index (κ1) is 12.6. The molecule has 1 aliphatic heterocycles. The number of H-pyrrole nitrogens is 1. The molecule has 4 nitrogen and oxygen atoms in total. The molecule has 0 spiro atoms. The second-order valence-corrected chi connectivity index (χ2v) is 5.60. The molecule has 2 heterocycles. The predicted octanol–water partition coefficient (Wildman–Crippen LogP) is 1.90. The van der Waals surface area contributed by atoms with Gasteiger partial charge in [0.15, 0.2) is 0 Å². The molecular formula is C14H18N4S. The number of nitriles is 1. The number of nitrogens with one attached hydrogen (secondary N) is 2. The Kier molecular flexibility index (Phi) is 3.54. The number of anilines is 1. The van der Waals surface area contributed by atoms with Crippen LogP contribution >= 0.6 is 12.2 Å². The number of nitrogens with zero attached hydrogens (tertiary/aromatic N) is 2. The third-order valence-corrected chi connectivity index (χ3v) is 4.37. The van der Waals surface area contributed by atoms with Crippen molar-refractivity contribution in [3.8, 4) is 6.07 Å². The summed E-state index contributed by atoms with van der Waals surface area (Å²) in [6.45, 7) is 4.03. The molecule has 2 N–H and O–H groups in total. The number of aromatic amines is 1. The van der Waals surface area contributed by atoms with Crippen molar-refractivity contribution in [3.63, 3.8) is 0 Å². The van der Waals surface area contributed by atoms with E-state index in [1.54, 1.807) is 0 Å². The largest absolute Gasteiger partial charge is 0.355 e. The Morgan fingerprint density at radius 1 is 1.11 bits per heavy atom. The molecule has 5 heteroatoms. The van der Waals surface area contributed by atoms with Gasteiger partial charge in [-0.25, -0.2) is 0 Å². The van der Waals surface area contributed by atoms with E-state index < -0.39 is 0 Å². The lowest BCUT2D eigenvalue weighted by molar-refractivity contribution is 0.578. The third-order valence-electron chi connectivity index (χ3n) is 4.06. The van der Waals surface area contributed by atoms with Crippen LogP contribution in [0.5, 0.6) is 0 Å². The first-order chi connectivity index (χ1) is 9.31. The van der Waals surface area contributed by atoms with Crippen molar-refractivity contribution >= 4 is 18.0 Å². The molecule has 1 saturated heterocycles. The Morgan fingerprint density at radius 3 is 2.47 bits per heavy atom. The van der Waals surface area contributed by atoms with Gasteiger partial charge in [0.05, 0.1) is 5.56 Å². The second-order valence-electron chi connectivity index (χ2n) is 5.19. The van der Waals surface area contributed by atoms with Gasteiger partial charge in [-0.3, -0.25) is 0 Å². The van der Waals surface area contributed by atoms with Crippen molar-refractivity contribution < 1.29 is 0 Å². The molecule has 0 aromatic carbocycles. The summed E-state index contributed by atoms with van der Waals surface area (Å²) >= 11 is 5.37. The minimum atomic E-state index is 0.608. The Morgan fingerprint density at radius 2 is 1.79 bits per heavy atom. The van der Waals surface area contributed by atoms with Crippen LogP contribution in [0.2, 0.25) is 0 Å². The maximum atomic E-state index is 9.32. The number of rotatable bonds is 1. The van der Waals surface area contributed by atoms with Crippen molar-refractivity contribution in [2.75, 3.05) is 31.1 Å². The van der Waals surface area contributed by atoms with Gasteiger partial charge >= 0.3 is 0 Å². The third kappa shape index (κ3) is 2.26. The molecule has 3 rings (SSSR count). The monoisotopic (exact) mass is 274 g/mol. The van der Waals surface area contributed by atoms with Gasteiger partial charge in [-0.1, -0.05) is 12.2 Å². The summed E-state index contributed by atoms with van der Waals surface area (Å²) in [7, 11) is 0. The Hall–Kier alpha value is -1.38. The SMILES string of the molecule is N#Cc1c2c(c(N3CCNCC3)[nH]c1=S)CCCC2. The lowest BCUT2D eigenvalue weighted by Crippen LogP contribution is -2.44. The molecule has 1 aromatic heterocycles. The molecule has 0 bridgehead atoms. The molecule has 0 unspecified atom stereocenters. The number of hydrogen-bond acceptors (Lipinski definition) is 4. The van der Waals surface area contributed by atoms with Crippen LogP contribution in [0.25, 0.3) is 0 Å². The first-order valence-corrected chi connectivity index (χ1v) is 7.36. The standard InChI is InChI=1S/C14H18N4S/c15-9-12-10-3-1-2-4-11(10)13(17-14(12)19)18-7-5-16-6-8-18/h16H,1-8H2,(H,17,19). The molecule has 1 aromatic rings. The summed E-state index contributed by atoms with van der Waals surface area (Å²) in [5.41, 5.74) is 3.23. The minimum absolute atomic E-state index is 0.608. The van der Waals surface area contributed by atoms with Crippen molar-refractivity contribution in [3.05, 3.63) is 21.3 Å². The number of hydrogen-bond donors (Lipinski definition) is 2. The fourth-order valence-electron chi connectivity index (χ4n) is 3.10. The molecule has 19 heavy (non-hydrogen) atoms. The van der Waals surface area contributed by atoms with Crippen LogP contribution in [-0.2, 0) is 12.8 Å². The van der Waals surface area contributed by atoms with E-state index in [9.17, 15) is 5.26 Å². The number of fused-ring (bicyclic) bond motifs is 1. The lowest BCUT2D eigenvalue weighted by Gasteiger charge is -2.32. The van der Waals surface area contributed by atoms with Crippen molar-refractivity contribution in [1.29, 1.82) is 5.26 Å². The van der Waals surface area contributed by atoms with Gasteiger partial charge in [-0.05, 0) is 36.8 Å². The summed E-state index contributed by atoms with van der Waals surface area (Å²) in [6, 6.07) is 2.29. The second kappa shape index (κ2) is 5.32. The fourth-order valence-corrected chi connectivity index (χ4v) is 3.37. The highest BCUT2D eigenvalue weighted by molar-refractivity contribution is 7.71. The quantitative estimate of drug-likeness (QED) is 0.768. The predicted molar refractivity (Wildman–Crippen MR) is 78.1 cm³/mol. The van der Waals surface area contributed by atoms with E-state index in [-0.39, 0.29) is 0 Å².